The van der Waals surface area contributed by atoms with Crippen LogP contribution in [-0.4, -0.2) is 14.5 Å². The smallest absolute Gasteiger partial charge is 0.264 e. The van der Waals surface area contributed by atoms with Crippen molar-refractivity contribution in [1.29, 1.82) is 0 Å². The van der Waals surface area contributed by atoms with Gasteiger partial charge in [0.1, 0.15) is 4.83 Å². The van der Waals surface area contributed by atoms with Crippen molar-refractivity contribution in [3.8, 4) is 0 Å². The number of nitrogens with one attached hydrogen (secondary N) is 1. The average Bonchev–Trinajstić information content (AvgIpc) is 2.78. The Morgan fingerprint density at radius 3 is 2.90 bits per heavy atom. The highest BCUT2D eigenvalue weighted by atomic mass is 32.1. The molecular formula is C14H15N5OS. The number of thiophene rings is 1. The molecule has 3 rings (SSSR count). The fourth-order valence-electron chi connectivity index (χ4n) is 2.26. The molecule has 3 heterocycles. The van der Waals surface area contributed by atoms with Gasteiger partial charge < -0.3 is 0 Å². The lowest BCUT2D eigenvalue weighted by atomic mass is 10.2. The molecule has 0 spiro atoms. The van der Waals surface area contributed by atoms with Crippen LogP contribution in [0.25, 0.3) is 10.2 Å². The highest BCUT2D eigenvalue weighted by Gasteiger charge is 2.16. The molecule has 7 heteroatoms. The van der Waals surface area contributed by atoms with Gasteiger partial charge in [0.2, 0.25) is 5.95 Å². The lowest BCUT2D eigenvalue weighted by molar-refractivity contribution is 0.752. The summed E-state index contributed by atoms with van der Waals surface area (Å²) in [6.07, 6.45) is 3.42. The van der Waals surface area contributed by atoms with Crippen LogP contribution in [0.4, 0.5) is 5.95 Å². The third-order valence-electron chi connectivity index (χ3n) is 3.48. The van der Waals surface area contributed by atoms with Crippen LogP contribution in [0.15, 0.2) is 29.3 Å². The van der Waals surface area contributed by atoms with Crippen LogP contribution >= 0.6 is 11.3 Å². The van der Waals surface area contributed by atoms with Gasteiger partial charge in [0.25, 0.3) is 5.56 Å². The molecule has 108 valence electrons. The number of hydrogen-bond acceptors (Lipinski definition) is 6. The first-order chi connectivity index (χ1) is 10.1. The van der Waals surface area contributed by atoms with E-state index in [0.717, 1.165) is 16.0 Å². The molecule has 0 unspecified atom stereocenters. The number of aromatic nitrogens is 3. The fraction of sp³-hybridized carbons (Fsp3) is 0.214. The normalized spacial score (nSPS) is 11.0. The lowest BCUT2D eigenvalue weighted by Gasteiger charge is -2.11. The molecule has 6 nitrogen and oxygen atoms in total. The predicted molar refractivity (Wildman–Crippen MR) is 84.5 cm³/mol. The molecule has 0 aromatic carbocycles. The first-order valence-electron chi connectivity index (χ1n) is 6.48. The van der Waals surface area contributed by atoms with Crippen molar-refractivity contribution in [3.63, 3.8) is 0 Å². The second-order valence-corrected chi connectivity index (χ2v) is 6.00. The molecule has 3 N–H and O–H groups in total. The number of rotatable bonds is 3. The third kappa shape index (κ3) is 2.30. The molecule has 0 aliphatic rings. The molecule has 0 radical (unpaired) electrons. The minimum atomic E-state index is -0.0846. The summed E-state index contributed by atoms with van der Waals surface area (Å²) < 4.78 is 1.54. The summed E-state index contributed by atoms with van der Waals surface area (Å²) in [6.45, 7) is 4.31. The summed E-state index contributed by atoms with van der Waals surface area (Å²) in [4.78, 5) is 23.1. The van der Waals surface area contributed by atoms with Crippen LogP contribution in [-0.2, 0) is 6.54 Å². The van der Waals surface area contributed by atoms with Gasteiger partial charge in [-0.15, -0.1) is 11.3 Å². The van der Waals surface area contributed by atoms with E-state index in [1.807, 2.05) is 26.0 Å². The summed E-state index contributed by atoms with van der Waals surface area (Å²) in [5.74, 6) is 5.88. The van der Waals surface area contributed by atoms with Crippen LogP contribution < -0.4 is 16.8 Å². The van der Waals surface area contributed by atoms with Crippen molar-refractivity contribution in [2.45, 2.75) is 20.4 Å². The Labute approximate surface area is 125 Å². The van der Waals surface area contributed by atoms with Gasteiger partial charge in [0, 0.05) is 17.3 Å². The molecule has 0 saturated carbocycles. The van der Waals surface area contributed by atoms with E-state index in [4.69, 9.17) is 5.84 Å². The van der Waals surface area contributed by atoms with E-state index in [2.05, 4.69) is 15.4 Å². The number of hydrazine groups is 1. The average molecular weight is 301 g/mol. The first-order valence-corrected chi connectivity index (χ1v) is 7.29. The Morgan fingerprint density at radius 1 is 1.43 bits per heavy atom. The number of pyridine rings is 1. The van der Waals surface area contributed by atoms with Crippen LogP contribution in [0.1, 0.15) is 16.0 Å². The highest BCUT2D eigenvalue weighted by molar-refractivity contribution is 7.18. The molecule has 0 amide bonds. The SMILES string of the molecule is Cc1sc2nc(NN)n(Cc3cccnc3)c(=O)c2c1C. The van der Waals surface area contributed by atoms with E-state index in [-0.39, 0.29) is 5.56 Å². The minimum absolute atomic E-state index is 0.0846. The van der Waals surface area contributed by atoms with Gasteiger partial charge in [-0.1, -0.05) is 6.07 Å². The number of nitrogens with zero attached hydrogens (tertiary/aromatic N) is 3. The predicted octanol–water partition coefficient (Wildman–Crippen LogP) is 1.80. The summed E-state index contributed by atoms with van der Waals surface area (Å²) in [5, 5.41) is 0.667. The van der Waals surface area contributed by atoms with E-state index in [0.29, 0.717) is 22.7 Å². The van der Waals surface area contributed by atoms with Crippen molar-refractivity contribution in [3.05, 3.63) is 50.9 Å². The Hall–Kier alpha value is -2.25. The van der Waals surface area contributed by atoms with Gasteiger partial charge in [-0.25, -0.2) is 10.8 Å². The van der Waals surface area contributed by atoms with Crippen molar-refractivity contribution in [2.24, 2.45) is 5.84 Å². The number of nitrogens with two attached hydrogens (primary N) is 1. The standard InChI is InChI=1S/C14H15N5OS/c1-8-9(2)21-12-11(8)13(20)19(14(17-12)18-15)7-10-4-3-5-16-6-10/h3-6H,7,15H2,1-2H3,(H,17,18). The van der Waals surface area contributed by atoms with Crippen LogP contribution in [0.2, 0.25) is 0 Å². The molecular weight excluding hydrogens is 286 g/mol. The van der Waals surface area contributed by atoms with Crippen molar-refractivity contribution in [2.75, 3.05) is 5.43 Å². The zero-order valence-corrected chi connectivity index (χ0v) is 12.6. The zero-order chi connectivity index (χ0) is 15.0. The fourth-order valence-corrected chi connectivity index (χ4v) is 3.28. The van der Waals surface area contributed by atoms with E-state index in [9.17, 15) is 4.79 Å². The number of anilines is 1. The largest absolute Gasteiger partial charge is 0.294 e. The van der Waals surface area contributed by atoms with Gasteiger partial charge in [-0.2, -0.15) is 0 Å². The number of fused-ring (bicyclic) bond motifs is 1. The molecule has 3 aromatic rings. The van der Waals surface area contributed by atoms with E-state index in [1.54, 1.807) is 17.0 Å². The molecule has 0 atom stereocenters. The lowest BCUT2D eigenvalue weighted by Crippen LogP contribution is -2.27. The van der Waals surface area contributed by atoms with Gasteiger partial charge in [0.05, 0.1) is 11.9 Å². The van der Waals surface area contributed by atoms with E-state index < -0.39 is 0 Å². The van der Waals surface area contributed by atoms with Crippen LogP contribution in [0.3, 0.4) is 0 Å². The summed E-state index contributed by atoms with van der Waals surface area (Å²) in [7, 11) is 0. The molecule has 0 bridgehead atoms. The Kier molecular flexibility index (Phi) is 3.44. The van der Waals surface area contributed by atoms with Crippen molar-refractivity contribution < 1.29 is 0 Å². The molecule has 0 fully saturated rings. The minimum Gasteiger partial charge on any atom is -0.294 e. The molecule has 3 aromatic heterocycles. The zero-order valence-electron chi connectivity index (χ0n) is 11.8. The first kappa shape index (κ1) is 13.7. The Balaban J connectivity index is 2.23. The monoisotopic (exact) mass is 301 g/mol. The topological polar surface area (TPSA) is 85.8 Å². The Bertz CT molecular complexity index is 853. The molecule has 0 aliphatic carbocycles. The second-order valence-electron chi connectivity index (χ2n) is 4.80. The van der Waals surface area contributed by atoms with Gasteiger partial charge in [-0.05, 0) is 31.0 Å². The highest BCUT2D eigenvalue weighted by Crippen LogP contribution is 2.27. The molecule has 21 heavy (non-hydrogen) atoms. The molecule has 0 aliphatic heterocycles. The number of nitrogen functional groups attached to an aromatic ring is 1. The van der Waals surface area contributed by atoms with Gasteiger partial charge in [-0.3, -0.25) is 19.8 Å². The van der Waals surface area contributed by atoms with Crippen LogP contribution in [0.5, 0.6) is 0 Å². The summed E-state index contributed by atoms with van der Waals surface area (Å²) in [6, 6.07) is 3.75. The van der Waals surface area contributed by atoms with Crippen LogP contribution in [0, 0.1) is 13.8 Å². The quantitative estimate of drug-likeness (QED) is 0.569. The van der Waals surface area contributed by atoms with Crippen molar-refractivity contribution in [1.82, 2.24) is 14.5 Å². The number of aryl methyl sites for hydroxylation is 2. The van der Waals surface area contributed by atoms with Gasteiger partial charge >= 0.3 is 0 Å². The van der Waals surface area contributed by atoms with E-state index in [1.165, 1.54) is 11.3 Å². The van der Waals surface area contributed by atoms with Gasteiger partial charge in [0.15, 0.2) is 0 Å². The summed E-state index contributed by atoms with van der Waals surface area (Å²) in [5.41, 5.74) is 4.33. The number of hydrogen-bond donors (Lipinski definition) is 2. The second kappa shape index (κ2) is 5.27. The van der Waals surface area contributed by atoms with E-state index >= 15 is 0 Å². The maximum Gasteiger partial charge on any atom is 0.264 e. The third-order valence-corrected chi connectivity index (χ3v) is 4.58. The maximum absolute atomic E-state index is 12.8. The molecule has 0 saturated heterocycles. The Morgan fingerprint density at radius 2 is 2.24 bits per heavy atom. The van der Waals surface area contributed by atoms with Crippen molar-refractivity contribution >= 4 is 27.5 Å². The maximum atomic E-state index is 12.8. The summed E-state index contributed by atoms with van der Waals surface area (Å²) >= 11 is 1.51.